The molecule has 2 aromatic carbocycles. The van der Waals surface area contributed by atoms with Gasteiger partial charge in [0.25, 0.3) is 11.1 Å². The van der Waals surface area contributed by atoms with Crippen LogP contribution < -0.4 is 10.1 Å². The molecule has 4 nitrogen and oxygen atoms in total. The van der Waals surface area contributed by atoms with Crippen molar-refractivity contribution in [2.75, 3.05) is 0 Å². The van der Waals surface area contributed by atoms with Gasteiger partial charge >= 0.3 is 0 Å². The highest BCUT2D eigenvalue weighted by Crippen LogP contribution is 2.27. The molecule has 25 heavy (non-hydrogen) atoms. The Kier molecular flexibility index (Phi) is 4.59. The summed E-state index contributed by atoms with van der Waals surface area (Å²) >= 11 is 4.82. The van der Waals surface area contributed by atoms with Crippen molar-refractivity contribution < 1.29 is 14.3 Å². The molecule has 1 fully saturated rings. The summed E-state index contributed by atoms with van der Waals surface area (Å²) in [6.07, 6.45) is 1.63. The van der Waals surface area contributed by atoms with Crippen LogP contribution in [-0.4, -0.2) is 11.1 Å². The van der Waals surface area contributed by atoms with Gasteiger partial charge in [-0.05, 0) is 59.1 Å². The normalized spacial score (nSPS) is 15.9. The van der Waals surface area contributed by atoms with Crippen molar-refractivity contribution in [2.24, 2.45) is 0 Å². The maximum Gasteiger partial charge on any atom is 0.294 e. The molecule has 1 saturated heterocycles. The Labute approximate surface area is 152 Å². The summed E-state index contributed by atoms with van der Waals surface area (Å²) in [5, 5.41) is 2.50. The van der Waals surface area contributed by atoms with Crippen molar-refractivity contribution >= 4 is 29.4 Å². The first-order chi connectivity index (χ1) is 11.8. The first kappa shape index (κ1) is 17.2. The van der Waals surface area contributed by atoms with Gasteiger partial charge in [-0.25, -0.2) is 0 Å². The Morgan fingerprint density at radius 1 is 1.08 bits per heavy atom. The second-order valence-electron chi connectivity index (χ2n) is 6.80. The molecule has 1 N–H and O–H groups in total. The Balaban J connectivity index is 1.77. The average molecular weight is 353 g/mol. The fraction of sp³-hybridized carbons (Fsp3) is 0.200. The first-order valence-corrected chi connectivity index (χ1v) is 8.35. The molecule has 0 atom stereocenters. The Morgan fingerprint density at radius 3 is 2.40 bits per heavy atom. The van der Waals surface area contributed by atoms with E-state index < -0.39 is 0 Å². The van der Waals surface area contributed by atoms with E-state index in [-0.39, 0.29) is 22.3 Å². The van der Waals surface area contributed by atoms with E-state index in [1.54, 1.807) is 6.08 Å². The molecule has 0 bridgehead atoms. The number of thiocarbonyl (C=S) groups is 1. The second-order valence-corrected chi connectivity index (χ2v) is 7.17. The summed E-state index contributed by atoms with van der Waals surface area (Å²) in [6.45, 7) is 6.52. The molecule has 1 aliphatic rings. The molecule has 0 radical (unpaired) electrons. The molecule has 0 aliphatic carbocycles. The fourth-order valence-electron chi connectivity index (χ4n) is 2.40. The number of carbonyl (C=O) groups is 1. The van der Waals surface area contributed by atoms with Gasteiger partial charge in [-0.2, -0.15) is 0 Å². The van der Waals surface area contributed by atoms with Crippen LogP contribution in [0, 0.1) is 0 Å². The summed E-state index contributed by atoms with van der Waals surface area (Å²) in [5.74, 6) is 1.28. The SMILES string of the molecule is CC(C)(C)c1ccc(Oc2cccc(C=C3OC(=S)NC3=O)c2)cc1. The van der Waals surface area contributed by atoms with Gasteiger partial charge in [0.15, 0.2) is 5.76 Å². The van der Waals surface area contributed by atoms with Gasteiger partial charge < -0.3 is 9.47 Å². The second kappa shape index (κ2) is 6.69. The maximum atomic E-state index is 11.7. The number of amides is 1. The predicted octanol–water partition coefficient (Wildman–Crippen LogP) is 4.55. The molecule has 1 heterocycles. The standard InChI is InChI=1S/C20H19NO3S/c1-20(2,3)14-7-9-15(10-8-14)23-16-6-4-5-13(11-16)12-17-18(22)21-19(25)24-17/h4-12H,1-3H3,(H,21,22,25). The highest BCUT2D eigenvalue weighted by atomic mass is 32.1. The largest absolute Gasteiger partial charge is 0.457 e. The lowest BCUT2D eigenvalue weighted by atomic mass is 9.87. The van der Waals surface area contributed by atoms with Crippen molar-refractivity contribution in [3.8, 4) is 11.5 Å². The van der Waals surface area contributed by atoms with E-state index in [1.807, 2.05) is 36.4 Å². The molecule has 5 heteroatoms. The highest BCUT2D eigenvalue weighted by molar-refractivity contribution is 7.80. The minimum atomic E-state index is -0.339. The van der Waals surface area contributed by atoms with E-state index in [4.69, 9.17) is 21.7 Å². The minimum absolute atomic E-state index is 0.0718. The smallest absolute Gasteiger partial charge is 0.294 e. The van der Waals surface area contributed by atoms with Crippen molar-refractivity contribution in [1.29, 1.82) is 0 Å². The lowest BCUT2D eigenvalue weighted by Gasteiger charge is -2.19. The molecule has 2 aromatic rings. The quantitative estimate of drug-likeness (QED) is 0.650. The highest BCUT2D eigenvalue weighted by Gasteiger charge is 2.23. The van der Waals surface area contributed by atoms with Crippen LogP contribution in [0.15, 0.2) is 54.3 Å². The van der Waals surface area contributed by atoms with Gasteiger partial charge in [0, 0.05) is 0 Å². The molecular weight excluding hydrogens is 334 g/mol. The predicted molar refractivity (Wildman–Crippen MR) is 101 cm³/mol. The lowest BCUT2D eigenvalue weighted by molar-refractivity contribution is -0.116. The molecular formula is C20H19NO3S. The third-order valence-electron chi connectivity index (χ3n) is 3.75. The van der Waals surface area contributed by atoms with Crippen LogP contribution in [0.3, 0.4) is 0 Å². The minimum Gasteiger partial charge on any atom is -0.457 e. The molecule has 1 amide bonds. The third-order valence-corrected chi connectivity index (χ3v) is 3.94. The molecule has 0 unspecified atom stereocenters. The van der Waals surface area contributed by atoms with E-state index in [0.29, 0.717) is 5.75 Å². The summed E-state index contributed by atoms with van der Waals surface area (Å²) in [4.78, 5) is 11.7. The zero-order valence-corrected chi connectivity index (χ0v) is 15.1. The molecule has 3 rings (SSSR count). The molecule has 0 aromatic heterocycles. The van der Waals surface area contributed by atoms with E-state index in [0.717, 1.165) is 11.3 Å². The average Bonchev–Trinajstić information content (AvgIpc) is 2.85. The van der Waals surface area contributed by atoms with Crippen molar-refractivity contribution in [3.63, 3.8) is 0 Å². The van der Waals surface area contributed by atoms with Crippen molar-refractivity contribution in [2.45, 2.75) is 26.2 Å². The Morgan fingerprint density at radius 2 is 1.80 bits per heavy atom. The van der Waals surface area contributed by atoms with Crippen LogP contribution in [0.4, 0.5) is 0 Å². The zero-order chi connectivity index (χ0) is 18.0. The number of rotatable bonds is 3. The summed E-state index contributed by atoms with van der Waals surface area (Å²) < 4.78 is 11.1. The van der Waals surface area contributed by atoms with E-state index in [9.17, 15) is 4.79 Å². The Hall–Kier alpha value is -2.66. The van der Waals surface area contributed by atoms with Gasteiger partial charge in [-0.1, -0.05) is 45.0 Å². The van der Waals surface area contributed by atoms with Gasteiger partial charge in [0.1, 0.15) is 11.5 Å². The molecule has 128 valence electrons. The van der Waals surface area contributed by atoms with E-state index >= 15 is 0 Å². The number of hydrogen-bond acceptors (Lipinski definition) is 4. The summed E-state index contributed by atoms with van der Waals surface area (Å²) in [6, 6.07) is 15.5. The van der Waals surface area contributed by atoms with Gasteiger partial charge in [-0.15, -0.1) is 0 Å². The molecule has 1 aliphatic heterocycles. The zero-order valence-electron chi connectivity index (χ0n) is 14.3. The van der Waals surface area contributed by atoms with Gasteiger partial charge in [-0.3, -0.25) is 10.1 Å². The lowest BCUT2D eigenvalue weighted by Crippen LogP contribution is -2.18. The van der Waals surface area contributed by atoms with Crippen LogP contribution in [-0.2, 0) is 14.9 Å². The van der Waals surface area contributed by atoms with Gasteiger partial charge in [0.2, 0.25) is 0 Å². The monoisotopic (exact) mass is 353 g/mol. The van der Waals surface area contributed by atoms with Crippen molar-refractivity contribution in [3.05, 3.63) is 65.4 Å². The molecule has 0 saturated carbocycles. The van der Waals surface area contributed by atoms with E-state index in [1.165, 1.54) is 5.56 Å². The topological polar surface area (TPSA) is 47.6 Å². The number of carbonyl (C=O) groups excluding carboxylic acids is 1. The Bertz CT molecular complexity index is 848. The fourth-order valence-corrected chi connectivity index (χ4v) is 2.58. The van der Waals surface area contributed by atoms with E-state index in [2.05, 4.69) is 38.2 Å². The summed E-state index contributed by atoms with van der Waals surface area (Å²) in [7, 11) is 0. The van der Waals surface area contributed by atoms with Crippen LogP contribution in [0.2, 0.25) is 0 Å². The number of ether oxygens (including phenoxy) is 2. The first-order valence-electron chi connectivity index (χ1n) is 7.94. The summed E-state index contributed by atoms with van der Waals surface area (Å²) in [5.41, 5.74) is 2.14. The van der Waals surface area contributed by atoms with Crippen LogP contribution in [0.25, 0.3) is 6.08 Å². The number of hydrogen-bond donors (Lipinski definition) is 1. The maximum absolute atomic E-state index is 11.7. The van der Waals surface area contributed by atoms with Crippen LogP contribution in [0.1, 0.15) is 31.9 Å². The van der Waals surface area contributed by atoms with Gasteiger partial charge in [0.05, 0.1) is 0 Å². The third kappa shape index (κ3) is 4.25. The van der Waals surface area contributed by atoms with Crippen LogP contribution >= 0.6 is 12.2 Å². The number of benzene rings is 2. The molecule has 0 spiro atoms. The van der Waals surface area contributed by atoms with Crippen molar-refractivity contribution in [1.82, 2.24) is 5.32 Å². The number of nitrogens with one attached hydrogen (secondary N) is 1. The van der Waals surface area contributed by atoms with Crippen LogP contribution in [0.5, 0.6) is 11.5 Å².